The molecule has 0 bridgehead atoms. The molecule has 152 valence electrons. The molecule has 1 aromatic carbocycles. The maximum Gasteiger partial charge on any atom is 0.355 e. The van der Waals surface area contributed by atoms with Gasteiger partial charge in [-0.3, -0.25) is 25.0 Å². The number of aromatic amines is 1. The van der Waals surface area contributed by atoms with Gasteiger partial charge < -0.3 is 9.72 Å². The number of benzene rings is 1. The van der Waals surface area contributed by atoms with E-state index >= 15 is 0 Å². The van der Waals surface area contributed by atoms with Crippen molar-refractivity contribution in [3.05, 3.63) is 66.5 Å². The van der Waals surface area contributed by atoms with Crippen LogP contribution >= 0.6 is 0 Å². The summed E-state index contributed by atoms with van der Waals surface area (Å²) in [6.07, 6.45) is 1.29. The van der Waals surface area contributed by atoms with Gasteiger partial charge in [-0.1, -0.05) is 0 Å². The Balaban J connectivity index is 2.23. The number of nitro groups is 2. The van der Waals surface area contributed by atoms with E-state index in [1.165, 1.54) is 6.21 Å². The van der Waals surface area contributed by atoms with Crippen LogP contribution in [0.3, 0.4) is 0 Å². The lowest BCUT2D eigenvalue weighted by atomic mass is 10.1. The number of nitrogens with zero attached hydrogens (tertiary/aromatic N) is 3. The number of ether oxygens (including phenoxy) is 1. The summed E-state index contributed by atoms with van der Waals surface area (Å²) in [5.41, 5.74) is 2.64. The number of nitro benzene ring substituents is 2. The molecule has 0 unspecified atom stereocenters. The highest BCUT2D eigenvalue weighted by Crippen LogP contribution is 2.22. The van der Waals surface area contributed by atoms with Crippen LogP contribution in [-0.4, -0.2) is 39.5 Å². The minimum absolute atomic E-state index is 0.213. The summed E-state index contributed by atoms with van der Waals surface area (Å²) in [6, 6.07) is 2.57. The molecule has 0 saturated heterocycles. The summed E-state index contributed by atoms with van der Waals surface area (Å²) < 4.78 is 4.94. The zero-order chi connectivity index (χ0) is 21.7. The number of esters is 1. The molecule has 1 aromatic heterocycles. The number of hydrogen-bond acceptors (Lipinski definition) is 8. The molecule has 0 fully saturated rings. The third kappa shape index (κ3) is 4.80. The first-order valence-corrected chi connectivity index (χ1v) is 8.29. The van der Waals surface area contributed by atoms with Crippen molar-refractivity contribution in [2.45, 2.75) is 20.8 Å². The average molecular weight is 403 g/mol. The first-order chi connectivity index (χ1) is 13.6. The Morgan fingerprint density at radius 3 is 2.28 bits per heavy atom. The Bertz CT molecular complexity index is 993. The molecular weight excluding hydrogens is 386 g/mol. The Hall–Kier alpha value is -4.09. The zero-order valence-corrected chi connectivity index (χ0v) is 15.7. The SMILES string of the molecule is CCOC(=O)c1[nH]c(C)c(/C=N/NC(=O)c2cc([N+](=O)[O-])cc([N+](=O)[O-])c2)c1C. The van der Waals surface area contributed by atoms with Gasteiger partial charge in [0, 0.05) is 23.4 Å². The Morgan fingerprint density at radius 2 is 1.76 bits per heavy atom. The van der Waals surface area contributed by atoms with Crippen LogP contribution in [0.2, 0.25) is 0 Å². The Morgan fingerprint density at radius 1 is 1.17 bits per heavy atom. The van der Waals surface area contributed by atoms with E-state index in [1.54, 1.807) is 20.8 Å². The average Bonchev–Trinajstić information content (AvgIpc) is 2.95. The molecule has 2 N–H and O–H groups in total. The van der Waals surface area contributed by atoms with Crippen LogP contribution in [-0.2, 0) is 4.74 Å². The fraction of sp³-hybridized carbons (Fsp3) is 0.235. The molecule has 0 saturated carbocycles. The van der Waals surface area contributed by atoms with Gasteiger partial charge in [0.25, 0.3) is 17.3 Å². The van der Waals surface area contributed by atoms with Crippen LogP contribution in [0.4, 0.5) is 11.4 Å². The number of H-pyrrole nitrogens is 1. The van der Waals surface area contributed by atoms with Crippen molar-refractivity contribution in [1.29, 1.82) is 0 Å². The second-order valence-electron chi connectivity index (χ2n) is 5.84. The molecular formula is C17H17N5O7. The van der Waals surface area contributed by atoms with Gasteiger partial charge in [-0.25, -0.2) is 10.2 Å². The van der Waals surface area contributed by atoms with Gasteiger partial charge in [0.05, 0.1) is 34.3 Å². The predicted octanol–water partition coefficient (Wildman–Crippen LogP) is 2.39. The monoisotopic (exact) mass is 403 g/mol. The van der Waals surface area contributed by atoms with E-state index in [4.69, 9.17) is 4.74 Å². The Labute approximate surface area is 163 Å². The highest BCUT2D eigenvalue weighted by molar-refractivity contribution is 5.97. The number of nitrogens with one attached hydrogen (secondary N) is 2. The number of aromatic nitrogens is 1. The van der Waals surface area contributed by atoms with Gasteiger partial charge in [-0.05, 0) is 26.3 Å². The lowest BCUT2D eigenvalue weighted by molar-refractivity contribution is -0.394. The fourth-order valence-corrected chi connectivity index (χ4v) is 2.52. The molecule has 29 heavy (non-hydrogen) atoms. The zero-order valence-electron chi connectivity index (χ0n) is 15.7. The van der Waals surface area contributed by atoms with Crippen molar-refractivity contribution in [3.63, 3.8) is 0 Å². The Kier molecular flexibility index (Phi) is 6.39. The van der Waals surface area contributed by atoms with Crippen molar-refractivity contribution in [1.82, 2.24) is 10.4 Å². The van der Waals surface area contributed by atoms with Crippen LogP contribution in [0, 0.1) is 34.1 Å². The van der Waals surface area contributed by atoms with E-state index in [9.17, 15) is 29.8 Å². The molecule has 1 amide bonds. The van der Waals surface area contributed by atoms with Crippen molar-refractivity contribution >= 4 is 29.5 Å². The number of hydrogen-bond donors (Lipinski definition) is 2. The van der Waals surface area contributed by atoms with E-state index in [-0.39, 0.29) is 17.9 Å². The summed E-state index contributed by atoms with van der Waals surface area (Å²) in [4.78, 5) is 47.1. The summed E-state index contributed by atoms with van der Waals surface area (Å²) in [5.74, 6) is -1.40. The quantitative estimate of drug-likeness (QED) is 0.309. The van der Waals surface area contributed by atoms with Gasteiger partial charge >= 0.3 is 5.97 Å². The van der Waals surface area contributed by atoms with Gasteiger partial charge in [-0.15, -0.1) is 0 Å². The van der Waals surface area contributed by atoms with E-state index in [2.05, 4.69) is 15.5 Å². The summed E-state index contributed by atoms with van der Waals surface area (Å²) in [7, 11) is 0. The number of rotatable bonds is 7. The van der Waals surface area contributed by atoms with E-state index in [0.717, 1.165) is 18.2 Å². The van der Waals surface area contributed by atoms with Crippen molar-refractivity contribution in [2.75, 3.05) is 6.61 Å². The fourth-order valence-electron chi connectivity index (χ4n) is 2.52. The van der Waals surface area contributed by atoms with Gasteiger partial charge in [0.1, 0.15) is 5.69 Å². The molecule has 0 aliphatic rings. The molecule has 0 atom stereocenters. The van der Waals surface area contributed by atoms with Crippen molar-refractivity contribution in [3.8, 4) is 0 Å². The topological polar surface area (TPSA) is 170 Å². The van der Waals surface area contributed by atoms with Crippen molar-refractivity contribution < 1.29 is 24.2 Å². The molecule has 0 aliphatic carbocycles. The van der Waals surface area contributed by atoms with E-state index in [1.807, 2.05) is 0 Å². The van der Waals surface area contributed by atoms with Crippen LogP contribution in [0.15, 0.2) is 23.3 Å². The maximum absolute atomic E-state index is 12.2. The van der Waals surface area contributed by atoms with E-state index in [0.29, 0.717) is 16.8 Å². The third-order valence-electron chi connectivity index (χ3n) is 3.92. The van der Waals surface area contributed by atoms with Crippen molar-refractivity contribution in [2.24, 2.45) is 5.10 Å². The maximum atomic E-state index is 12.2. The smallest absolute Gasteiger partial charge is 0.355 e. The minimum Gasteiger partial charge on any atom is -0.461 e. The lowest BCUT2D eigenvalue weighted by Crippen LogP contribution is -2.18. The third-order valence-corrected chi connectivity index (χ3v) is 3.92. The van der Waals surface area contributed by atoms with Crippen LogP contribution in [0.25, 0.3) is 0 Å². The molecule has 1 heterocycles. The van der Waals surface area contributed by atoms with Crippen LogP contribution in [0.5, 0.6) is 0 Å². The minimum atomic E-state index is -0.871. The first-order valence-electron chi connectivity index (χ1n) is 8.29. The van der Waals surface area contributed by atoms with Gasteiger partial charge in [0.15, 0.2) is 0 Å². The van der Waals surface area contributed by atoms with Crippen LogP contribution < -0.4 is 5.43 Å². The largest absolute Gasteiger partial charge is 0.461 e. The number of hydrazone groups is 1. The molecule has 0 radical (unpaired) electrons. The highest BCUT2D eigenvalue weighted by Gasteiger charge is 2.20. The molecule has 0 spiro atoms. The molecule has 12 nitrogen and oxygen atoms in total. The second-order valence-corrected chi connectivity index (χ2v) is 5.84. The first kappa shape index (κ1) is 21.2. The number of amides is 1. The number of carbonyl (C=O) groups excluding carboxylic acids is 2. The highest BCUT2D eigenvalue weighted by atomic mass is 16.6. The lowest BCUT2D eigenvalue weighted by Gasteiger charge is -2.01. The summed E-state index contributed by atoms with van der Waals surface area (Å²) in [6.45, 7) is 5.26. The molecule has 2 rings (SSSR count). The summed E-state index contributed by atoms with van der Waals surface area (Å²) in [5, 5.41) is 25.6. The predicted molar refractivity (Wildman–Crippen MR) is 101 cm³/mol. The second kappa shape index (κ2) is 8.73. The molecule has 0 aliphatic heterocycles. The number of aryl methyl sites for hydroxylation is 1. The standard InChI is InChI=1S/C17H17N5O7/c1-4-29-17(24)15-9(2)14(10(3)19-15)8-18-20-16(23)11-5-12(21(25)26)7-13(6-11)22(27)28/h5-8,19H,4H2,1-3H3,(H,20,23)/b18-8+. The van der Waals surface area contributed by atoms with E-state index < -0.39 is 33.1 Å². The molecule has 2 aromatic rings. The van der Waals surface area contributed by atoms with Gasteiger partial charge in [0.2, 0.25) is 0 Å². The number of non-ortho nitro benzene ring substituents is 2. The van der Waals surface area contributed by atoms with Gasteiger partial charge in [-0.2, -0.15) is 5.10 Å². The number of carbonyl (C=O) groups is 2. The normalized spacial score (nSPS) is 10.7. The molecule has 12 heteroatoms. The van der Waals surface area contributed by atoms with Crippen LogP contribution in [0.1, 0.15) is 44.6 Å². The summed E-state index contributed by atoms with van der Waals surface area (Å²) >= 11 is 0.